The monoisotopic (exact) mass is 510 g/mol. The average Bonchev–Trinajstić information content (AvgIpc) is 3.05. The van der Waals surface area contributed by atoms with Crippen molar-refractivity contribution in [3.63, 3.8) is 0 Å². The Hall–Kier alpha value is -3.81. The summed E-state index contributed by atoms with van der Waals surface area (Å²) < 4.78 is 10.8. The fourth-order valence-corrected chi connectivity index (χ4v) is 3.86. The highest BCUT2D eigenvalue weighted by Gasteiger charge is 2.39. The number of amides is 2. The summed E-state index contributed by atoms with van der Waals surface area (Å²) in [6.07, 6.45) is 0. The van der Waals surface area contributed by atoms with Crippen molar-refractivity contribution < 1.29 is 23.9 Å². The third-order valence-electron chi connectivity index (χ3n) is 5.16. The largest absolute Gasteiger partial charge is 0.494 e. The molecule has 3 aromatic carbocycles. The van der Waals surface area contributed by atoms with Gasteiger partial charge >= 0.3 is 5.97 Å². The Morgan fingerprint density at radius 3 is 2.26 bits per heavy atom. The number of carbonyl (C=O) groups is 3. The van der Waals surface area contributed by atoms with Crippen LogP contribution in [-0.2, 0) is 9.59 Å². The van der Waals surface area contributed by atoms with E-state index in [0.29, 0.717) is 40.1 Å². The van der Waals surface area contributed by atoms with Crippen LogP contribution in [0.3, 0.4) is 0 Å². The summed E-state index contributed by atoms with van der Waals surface area (Å²) in [5, 5.41) is 3.19. The number of hydrogen-bond donors (Lipinski definition) is 1. The topological polar surface area (TPSA) is 84.9 Å². The number of imide groups is 1. The van der Waals surface area contributed by atoms with E-state index in [1.165, 1.54) is 12.1 Å². The van der Waals surface area contributed by atoms with Gasteiger partial charge < -0.3 is 14.8 Å². The van der Waals surface area contributed by atoms with Crippen molar-refractivity contribution in [3.8, 4) is 11.5 Å². The smallest absolute Gasteiger partial charge is 0.343 e. The lowest BCUT2D eigenvalue weighted by Crippen LogP contribution is -2.32. The van der Waals surface area contributed by atoms with Crippen LogP contribution in [0, 0.1) is 6.92 Å². The third kappa shape index (κ3) is 5.16. The van der Waals surface area contributed by atoms with E-state index in [-0.39, 0.29) is 10.7 Å². The molecule has 0 radical (unpaired) electrons. The molecule has 4 rings (SSSR count). The molecule has 3 aromatic rings. The minimum absolute atomic E-state index is 0.0577. The summed E-state index contributed by atoms with van der Waals surface area (Å²) in [5.74, 6) is -0.749. The molecule has 0 spiro atoms. The molecule has 0 fully saturated rings. The summed E-state index contributed by atoms with van der Waals surface area (Å²) in [4.78, 5) is 39.1. The second-order valence-electron chi connectivity index (χ2n) is 7.56. The zero-order valence-electron chi connectivity index (χ0n) is 18.8. The zero-order valence-corrected chi connectivity index (χ0v) is 20.3. The molecule has 1 heterocycles. The number of halogens is 2. The predicted octanol–water partition coefficient (Wildman–Crippen LogP) is 5.70. The summed E-state index contributed by atoms with van der Waals surface area (Å²) in [7, 11) is 0. The normalized spacial score (nSPS) is 13.3. The number of hydrogen-bond acceptors (Lipinski definition) is 6. The highest BCUT2D eigenvalue weighted by Crippen LogP contribution is 2.31. The van der Waals surface area contributed by atoms with Gasteiger partial charge in [-0.25, -0.2) is 9.69 Å². The molecular formula is C26H20Cl2N2O5. The summed E-state index contributed by atoms with van der Waals surface area (Å²) in [5.41, 5.74) is 1.81. The van der Waals surface area contributed by atoms with E-state index in [1.807, 2.05) is 6.92 Å². The number of ether oxygens (including phenoxy) is 2. The lowest BCUT2D eigenvalue weighted by Gasteiger charge is -2.15. The van der Waals surface area contributed by atoms with Crippen LogP contribution in [0.1, 0.15) is 22.8 Å². The van der Waals surface area contributed by atoms with Crippen molar-refractivity contribution in [3.05, 3.63) is 93.6 Å². The van der Waals surface area contributed by atoms with E-state index in [0.717, 1.165) is 10.5 Å². The maximum atomic E-state index is 13.0. The van der Waals surface area contributed by atoms with Gasteiger partial charge in [0, 0.05) is 10.7 Å². The average molecular weight is 511 g/mol. The highest BCUT2D eigenvalue weighted by molar-refractivity contribution is 6.53. The minimum atomic E-state index is -0.637. The molecule has 1 aliphatic rings. The summed E-state index contributed by atoms with van der Waals surface area (Å²) in [6.45, 7) is 4.15. The lowest BCUT2D eigenvalue weighted by atomic mass is 10.2. The first-order valence-corrected chi connectivity index (χ1v) is 11.4. The molecule has 178 valence electrons. The molecule has 7 nitrogen and oxygen atoms in total. The van der Waals surface area contributed by atoms with Gasteiger partial charge in [0.2, 0.25) is 0 Å². The molecule has 0 atom stereocenters. The third-order valence-corrected chi connectivity index (χ3v) is 5.75. The maximum Gasteiger partial charge on any atom is 0.343 e. The van der Waals surface area contributed by atoms with E-state index in [4.69, 9.17) is 32.7 Å². The van der Waals surface area contributed by atoms with Crippen LogP contribution in [0.15, 0.2) is 77.5 Å². The number of anilines is 2. The molecule has 0 unspecified atom stereocenters. The van der Waals surface area contributed by atoms with Crippen LogP contribution in [-0.4, -0.2) is 24.4 Å². The summed E-state index contributed by atoms with van der Waals surface area (Å²) in [6, 6.07) is 17.8. The predicted molar refractivity (Wildman–Crippen MR) is 134 cm³/mol. The molecule has 0 saturated heterocycles. The van der Waals surface area contributed by atoms with Crippen molar-refractivity contribution in [1.29, 1.82) is 0 Å². The van der Waals surface area contributed by atoms with Crippen molar-refractivity contribution in [2.24, 2.45) is 0 Å². The first-order chi connectivity index (χ1) is 16.8. The number of nitrogens with zero attached hydrogens (tertiary/aromatic N) is 1. The zero-order chi connectivity index (χ0) is 25.1. The Kier molecular flexibility index (Phi) is 7.10. The van der Waals surface area contributed by atoms with Gasteiger partial charge in [-0.05, 0) is 86.1 Å². The van der Waals surface area contributed by atoms with Crippen molar-refractivity contribution in [1.82, 2.24) is 0 Å². The molecule has 1 N–H and O–H groups in total. The van der Waals surface area contributed by atoms with Crippen LogP contribution in [0.5, 0.6) is 11.5 Å². The van der Waals surface area contributed by atoms with Gasteiger partial charge in [0.25, 0.3) is 11.8 Å². The molecular weight excluding hydrogens is 491 g/mol. The molecule has 9 heteroatoms. The van der Waals surface area contributed by atoms with Gasteiger partial charge in [-0.15, -0.1) is 0 Å². The standard InChI is InChI=1S/C26H20Cl2N2O5/c1-3-34-20-11-9-19(10-12-20)30-24(31)22(28)23(25(30)32)29-18-7-4-16(5-8-18)26(33)35-21-13-6-17(27)14-15(21)2/h4-14,29H,3H2,1-2H3. The number of benzene rings is 3. The maximum absolute atomic E-state index is 13.0. The molecule has 0 aromatic heterocycles. The summed E-state index contributed by atoms with van der Waals surface area (Å²) >= 11 is 12.1. The van der Waals surface area contributed by atoms with Crippen molar-refractivity contribution >= 4 is 52.4 Å². The quantitative estimate of drug-likeness (QED) is 0.249. The van der Waals surface area contributed by atoms with Crippen molar-refractivity contribution in [2.75, 3.05) is 16.8 Å². The fraction of sp³-hybridized carbons (Fsp3) is 0.115. The Bertz CT molecular complexity index is 1330. The number of nitrogens with one attached hydrogen (secondary N) is 1. The van der Waals surface area contributed by atoms with Gasteiger partial charge in [0.05, 0.1) is 17.9 Å². The van der Waals surface area contributed by atoms with Gasteiger partial charge in [-0.2, -0.15) is 0 Å². The van der Waals surface area contributed by atoms with Crippen LogP contribution in [0.25, 0.3) is 0 Å². The van der Waals surface area contributed by atoms with Crippen LogP contribution in [0.2, 0.25) is 5.02 Å². The molecule has 0 aliphatic carbocycles. The molecule has 1 aliphatic heterocycles. The number of aryl methyl sites for hydroxylation is 1. The Morgan fingerprint density at radius 1 is 0.943 bits per heavy atom. The van der Waals surface area contributed by atoms with Crippen LogP contribution >= 0.6 is 23.2 Å². The van der Waals surface area contributed by atoms with Crippen molar-refractivity contribution in [2.45, 2.75) is 13.8 Å². The Morgan fingerprint density at radius 2 is 1.63 bits per heavy atom. The number of esters is 1. The number of carbonyl (C=O) groups excluding carboxylic acids is 3. The van der Waals surface area contributed by atoms with E-state index >= 15 is 0 Å². The second-order valence-corrected chi connectivity index (χ2v) is 8.38. The molecule has 0 bridgehead atoms. The first-order valence-electron chi connectivity index (χ1n) is 10.7. The second kappa shape index (κ2) is 10.2. The lowest BCUT2D eigenvalue weighted by molar-refractivity contribution is -0.120. The van der Waals surface area contributed by atoms with Gasteiger partial charge in [-0.1, -0.05) is 23.2 Å². The van der Waals surface area contributed by atoms with E-state index in [2.05, 4.69) is 5.32 Å². The molecule has 35 heavy (non-hydrogen) atoms. The Labute approximate surface area is 211 Å². The van der Waals surface area contributed by atoms with E-state index in [9.17, 15) is 14.4 Å². The van der Waals surface area contributed by atoms with Gasteiger partial charge in [-0.3, -0.25) is 9.59 Å². The molecule has 0 saturated carbocycles. The first kappa shape index (κ1) is 24.3. The van der Waals surface area contributed by atoms with E-state index in [1.54, 1.807) is 61.5 Å². The SMILES string of the molecule is CCOc1ccc(N2C(=O)C(Cl)=C(Nc3ccc(C(=O)Oc4ccc(Cl)cc4C)cc3)C2=O)cc1. The minimum Gasteiger partial charge on any atom is -0.494 e. The van der Waals surface area contributed by atoms with Crippen LogP contribution in [0.4, 0.5) is 11.4 Å². The van der Waals surface area contributed by atoms with Gasteiger partial charge in [0.1, 0.15) is 22.2 Å². The fourth-order valence-electron chi connectivity index (χ4n) is 3.42. The molecule has 2 amide bonds. The Balaban J connectivity index is 1.46. The highest BCUT2D eigenvalue weighted by atomic mass is 35.5. The van der Waals surface area contributed by atoms with E-state index < -0.39 is 17.8 Å². The van der Waals surface area contributed by atoms with Crippen LogP contribution < -0.4 is 19.7 Å². The number of rotatable bonds is 7. The van der Waals surface area contributed by atoms with Gasteiger partial charge in [0.15, 0.2) is 0 Å².